The quantitative estimate of drug-likeness (QED) is 0.788. The van der Waals surface area contributed by atoms with Crippen LogP contribution >= 0.6 is 0 Å². The molecule has 1 saturated carbocycles. The minimum Gasteiger partial charge on any atom is -0.472 e. The molecule has 2 heteroatoms. The average Bonchev–Trinajstić information content (AvgIpc) is 2.71. The van der Waals surface area contributed by atoms with Crippen molar-refractivity contribution in [3.8, 4) is 0 Å². The third-order valence-corrected chi connectivity index (χ3v) is 4.16. The molecule has 0 aromatic carbocycles. The largest absolute Gasteiger partial charge is 0.472 e. The second-order valence-electron chi connectivity index (χ2n) is 5.49. The fourth-order valence-electron chi connectivity index (χ4n) is 2.96. The van der Waals surface area contributed by atoms with Crippen molar-refractivity contribution in [2.45, 2.75) is 64.5 Å². The molecule has 2 rings (SSSR count). The number of hydrogen-bond donors (Lipinski definition) is 1. The maximum absolute atomic E-state index is 5.14. The van der Waals surface area contributed by atoms with Crippen molar-refractivity contribution < 1.29 is 4.42 Å². The van der Waals surface area contributed by atoms with Crippen LogP contribution in [0.1, 0.15) is 64.0 Å². The molecule has 0 spiro atoms. The Hall–Kier alpha value is -0.760. The van der Waals surface area contributed by atoms with Gasteiger partial charge in [-0.1, -0.05) is 25.7 Å². The zero-order valence-corrected chi connectivity index (χ0v) is 11.1. The van der Waals surface area contributed by atoms with Gasteiger partial charge in [0.1, 0.15) is 0 Å². The third-order valence-electron chi connectivity index (χ3n) is 4.16. The van der Waals surface area contributed by atoms with Crippen LogP contribution < -0.4 is 5.32 Å². The molecule has 1 aliphatic carbocycles. The normalized spacial score (nSPS) is 22.0. The lowest BCUT2D eigenvalue weighted by Crippen LogP contribution is -2.35. The Labute approximate surface area is 105 Å². The summed E-state index contributed by atoms with van der Waals surface area (Å²) in [7, 11) is 0. The van der Waals surface area contributed by atoms with E-state index in [1.54, 1.807) is 6.26 Å². The first-order chi connectivity index (χ1) is 8.27. The van der Waals surface area contributed by atoms with Gasteiger partial charge in [0, 0.05) is 17.6 Å². The van der Waals surface area contributed by atoms with Crippen molar-refractivity contribution in [1.29, 1.82) is 0 Å². The summed E-state index contributed by atoms with van der Waals surface area (Å²) in [6, 6.07) is 3.06. The van der Waals surface area contributed by atoms with Crippen LogP contribution in [0, 0.1) is 5.92 Å². The van der Waals surface area contributed by atoms with Crippen molar-refractivity contribution in [2.75, 3.05) is 0 Å². The molecule has 2 atom stereocenters. The summed E-state index contributed by atoms with van der Waals surface area (Å²) in [6.07, 6.45) is 12.1. The lowest BCUT2D eigenvalue weighted by molar-refractivity contribution is 0.316. The van der Waals surface area contributed by atoms with Gasteiger partial charge in [-0.3, -0.25) is 0 Å². The Morgan fingerprint density at radius 3 is 2.47 bits per heavy atom. The molecular formula is C15H25NO. The maximum atomic E-state index is 5.14. The van der Waals surface area contributed by atoms with E-state index >= 15 is 0 Å². The second kappa shape index (κ2) is 6.25. The first-order valence-electron chi connectivity index (χ1n) is 7.05. The van der Waals surface area contributed by atoms with Crippen molar-refractivity contribution in [3.63, 3.8) is 0 Å². The van der Waals surface area contributed by atoms with E-state index in [2.05, 4.69) is 25.2 Å². The van der Waals surface area contributed by atoms with Crippen LogP contribution in [0.3, 0.4) is 0 Å². The average molecular weight is 235 g/mol. The summed E-state index contributed by atoms with van der Waals surface area (Å²) in [5.74, 6) is 0.854. The smallest absolute Gasteiger partial charge is 0.0950 e. The summed E-state index contributed by atoms with van der Waals surface area (Å²) in [5.41, 5.74) is 1.26. The highest BCUT2D eigenvalue weighted by atomic mass is 16.3. The van der Waals surface area contributed by atoms with Gasteiger partial charge >= 0.3 is 0 Å². The third kappa shape index (κ3) is 3.60. The molecule has 1 aliphatic rings. The lowest BCUT2D eigenvalue weighted by atomic mass is 9.92. The van der Waals surface area contributed by atoms with Gasteiger partial charge in [0.15, 0.2) is 0 Å². The molecule has 0 amide bonds. The number of hydrogen-bond acceptors (Lipinski definition) is 2. The van der Waals surface area contributed by atoms with Crippen LogP contribution in [0.2, 0.25) is 0 Å². The molecule has 1 heterocycles. The highest BCUT2D eigenvalue weighted by Crippen LogP contribution is 2.26. The van der Waals surface area contributed by atoms with Crippen LogP contribution in [-0.4, -0.2) is 6.04 Å². The Morgan fingerprint density at radius 2 is 1.88 bits per heavy atom. The Balaban J connectivity index is 1.85. The highest BCUT2D eigenvalue weighted by molar-refractivity contribution is 5.10. The first-order valence-corrected chi connectivity index (χ1v) is 7.05. The maximum Gasteiger partial charge on any atom is 0.0950 e. The fraction of sp³-hybridized carbons (Fsp3) is 0.733. The molecule has 1 aromatic heterocycles. The molecule has 0 radical (unpaired) electrons. The van der Waals surface area contributed by atoms with Crippen LogP contribution in [0.4, 0.5) is 0 Å². The van der Waals surface area contributed by atoms with Crippen LogP contribution in [0.25, 0.3) is 0 Å². The van der Waals surface area contributed by atoms with Gasteiger partial charge in [0.25, 0.3) is 0 Å². The van der Waals surface area contributed by atoms with E-state index in [0.717, 1.165) is 5.92 Å². The van der Waals surface area contributed by atoms with Gasteiger partial charge < -0.3 is 9.73 Å². The van der Waals surface area contributed by atoms with E-state index in [-0.39, 0.29) is 0 Å². The van der Waals surface area contributed by atoms with E-state index in [1.807, 2.05) is 6.26 Å². The van der Waals surface area contributed by atoms with Gasteiger partial charge in [-0.25, -0.2) is 0 Å². The molecule has 0 aliphatic heterocycles. The number of furan rings is 1. The monoisotopic (exact) mass is 235 g/mol. The first kappa shape index (κ1) is 12.7. The van der Waals surface area contributed by atoms with Crippen molar-refractivity contribution in [3.05, 3.63) is 24.2 Å². The van der Waals surface area contributed by atoms with Crippen LogP contribution in [-0.2, 0) is 0 Å². The molecule has 0 bridgehead atoms. The van der Waals surface area contributed by atoms with E-state index < -0.39 is 0 Å². The second-order valence-corrected chi connectivity index (χ2v) is 5.49. The van der Waals surface area contributed by atoms with Gasteiger partial charge in [0.05, 0.1) is 12.5 Å². The van der Waals surface area contributed by atoms with Crippen LogP contribution in [0.5, 0.6) is 0 Å². The highest BCUT2D eigenvalue weighted by Gasteiger charge is 2.20. The molecule has 17 heavy (non-hydrogen) atoms. The summed E-state index contributed by atoms with van der Waals surface area (Å²) in [6.45, 7) is 4.56. The Morgan fingerprint density at radius 1 is 1.18 bits per heavy atom. The van der Waals surface area contributed by atoms with E-state index in [0.29, 0.717) is 12.1 Å². The minimum absolute atomic E-state index is 0.395. The van der Waals surface area contributed by atoms with Crippen molar-refractivity contribution in [2.24, 2.45) is 5.92 Å². The summed E-state index contributed by atoms with van der Waals surface area (Å²) < 4.78 is 5.14. The molecule has 0 saturated heterocycles. The molecule has 1 unspecified atom stereocenters. The van der Waals surface area contributed by atoms with E-state index in [1.165, 1.54) is 44.1 Å². The van der Waals surface area contributed by atoms with E-state index in [4.69, 9.17) is 4.42 Å². The van der Waals surface area contributed by atoms with Crippen molar-refractivity contribution >= 4 is 0 Å². The molecule has 2 nitrogen and oxygen atoms in total. The standard InChI is InChI=1S/C15H25NO/c1-12(14-7-5-3-4-6-8-14)16-13(2)15-9-10-17-11-15/h9-14,16H,3-8H2,1-2H3/t12-,13?/m1/s1. The predicted molar refractivity (Wildman–Crippen MR) is 70.9 cm³/mol. The van der Waals surface area contributed by atoms with E-state index in [9.17, 15) is 0 Å². The molecular weight excluding hydrogens is 210 g/mol. The topological polar surface area (TPSA) is 25.2 Å². The fourth-order valence-corrected chi connectivity index (χ4v) is 2.96. The van der Waals surface area contributed by atoms with Gasteiger partial charge in [0.2, 0.25) is 0 Å². The summed E-state index contributed by atoms with van der Waals surface area (Å²) in [4.78, 5) is 0. The summed E-state index contributed by atoms with van der Waals surface area (Å²) in [5, 5.41) is 3.72. The minimum atomic E-state index is 0.395. The summed E-state index contributed by atoms with van der Waals surface area (Å²) >= 11 is 0. The SMILES string of the molecule is CC(N[C@H](C)C1CCCCCC1)c1ccoc1. The zero-order chi connectivity index (χ0) is 12.1. The van der Waals surface area contributed by atoms with Gasteiger partial charge in [-0.05, 0) is 38.7 Å². The zero-order valence-electron chi connectivity index (χ0n) is 11.1. The van der Waals surface area contributed by atoms with Crippen molar-refractivity contribution in [1.82, 2.24) is 5.32 Å². The predicted octanol–water partition coefficient (Wildman–Crippen LogP) is 4.29. The Bertz CT molecular complexity index is 299. The number of rotatable bonds is 4. The molecule has 96 valence electrons. The molecule has 1 aromatic rings. The molecule has 1 N–H and O–H groups in total. The van der Waals surface area contributed by atoms with Gasteiger partial charge in [-0.2, -0.15) is 0 Å². The Kier molecular flexibility index (Phi) is 4.66. The van der Waals surface area contributed by atoms with Gasteiger partial charge in [-0.15, -0.1) is 0 Å². The molecule has 1 fully saturated rings. The van der Waals surface area contributed by atoms with Crippen LogP contribution in [0.15, 0.2) is 23.0 Å². The lowest BCUT2D eigenvalue weighted by Gasteiger charge is -2.26. The number of nitrogens with one attached hydrogen (secondary N) is 1.